The van der Waals surface area contributed by atoms with Gasteiger partial charge in [-0.25, -0.2) is 9.78 Å². The Morgan fingerprint density at radius 3 is 2.47 bits per heavy atom. The molecule has 3 nitrogen and oxygen atoms in total. The summed E-state index contributed by atoms with van der Waals surface area (Å²) in [7, 11) is 0. The third-order valence-electron chi connectivity index (χ3n) is 2.20. The molecular formula is C12H11NO2S2. The van der Waals surface area contributed by atoms with E-state index in [1.165, 1.54) is 28.7 Å². The lowest BCUT2D eigenvalue weighted by molar-refractivity contribution is 0.0701. The average Bonchev–Trinajstić information content (AvgIpc) is 2.63. The van der Waals surface area contributed by atoms with Crippen LogP contribution in [0.1, 0.15) is 20.9 Å². The highest BCUT2D eigenvalue weighted by atomic mass is 32.2. The summed E-state index contributed by atoms with van der Waals surface area (Å²) >= 11 is 2.71. The van der Waals surface area contributed by atoms with Gasteiger partial charge in [0.25, 0.3) is 0 Å². The van der Waals surface area contributed by atoms with Crippen molar-refractivity contribution in [2.24, 2.45) is 0 Å². The minimum absolute atomic E-state index is 0.319. The van der Waals surface area contributed by atoms with Gasteiger partial charge in [0, 0.05) is 4.90 Å². The third-order valence-corrected chi connectivity index (χ3v) is 4.41. The fraction of sp³-hybridized carbons (Fsp3) is 0.167. The van der Waals surface area contributed by atoms with Gasteiger partial charge in [-0.05, 0) is 26.0 Å². The topological polar surface area (TPSA) is 50.2 Å². The minimum Gasteiger partial charge on any atom is -0.477 e. The van der Waals surface area contributed by atoms with E-state index in [9.17, 15) is 4.79 Å². The Morgan fingerprint density at radius 2 is 1.94 bits per heavy atom. The lowest BCUT2D eigenvalue weighted by Crippen LogP contribution is -1.94. The van der Waals surface area contributed by atoms with Crippen molar-refractivity contribution in [1.82, 2.24) is 4.98 Å². The monoisotopic (exact) mass is 265 g/mol. The number of hydrogen-bond donors (Lipinski definition) is 1. The van der Waals surface area contributed by atoms with Crippen molar-refractivity contribution in [3.05, 3.63) is 40.4 Å². The van der Waals surface area contributed by atoms with E-state index in [1.54, 1.807) is 6.92 Å². The molecule has 0 fully saturated rings. The summed E-state index contributed by atoms with van der Waals surface area (Å²) in [6.07, 6.45) is 0. The van der Waals surface area contributed by atoms with E-state index in [0.29, 0.717) is 10.6 Å². The van der Waals surface area contributed by atoms with Gasteiger partial charge in [-0.3, -0.25) is 0 Å². The molecule has 0 aliphatic heterocycles. The SMILES string of the molecule is Cc1ccc(Sc2nc(C)c(C(=O)O)s2)cc1. The number of rotatable bonds is 3. The van der Waals surface area contributed by atoms with Gasteiger partial charge in [-0.2, -0.15) is 0 Å². The molecule has 0 aliphatic rings. The molecule has 2 aromatic rings. The first kappa shape index (κ1) is 12.1. The second-order valence-corrected chi connectivity index (χ2v) is 5.93. The highest BCUT2D eigenvalue weighted by Gasteiger charge is 2.14. The molecule has 5 heteroatoms. The Hall–Kier alpha value is -1.33. The van der Waals surface area contributed by atoms with E-state index in [1.807, 2.05) is 31.2 Å². The zero-order valence-electron chi connectivity index (χ0n) is 9.43. The smallest absolute Gasteiger partial charge is 0.347 e. The van der Waals surface area contributed by atoms with Crippen LogP contribution in [0.15, 0.2) is 33.5 Å². The first-order chi connectivity index (χ1) is 8.06. The summed E-state index contributed by atoms with van der Waals surface area (Å²) in [5.74, 6) is -0.907. The van der Waals surface area contributed by atoms with E-state index in [0.717, 1.165) is 9.24 Å². The third kappa shape index (κ3) is 2.87. The van der Waals surface area contributed by atoms with E-state index >= 15 is 0 Å². The number of thiazole rings is 1. The van der Waals surface area contributed by atoms with Crippen molar-refractivity contribution in [1.29, 1.82) is 0 Å². The van der Waals surface area contributed by atoms with Crippen LogP contribution in [0, 0.1) is 13.8 Å². The van der Waals surface area contributed by atoms with Crippen molar-refractivity contribution in [2.75, 3.05) is 0 Å². The largest absolute Gasteiger partial charge is 0.477 e. The fourth-order valence-corrected chi connectivity index (χ4v) is 3.32. The van der Waals surface area contributed by atoms with E-state index in [2.05, 4.69) is 4.98 Å². The van der Waals surface area contributed by atoms with Gasteiger partial charge < -0.3 is 5.11 Å². The Kier molecular flexibility index (Phi) is 3.49. The van der Waals surface area contributed by atoms with Crippen LogP contribution >= 0.6 is 23.1 Å². The van der Waals surface area contributed by atoms with Crippen LogP contribution in [0.2, 0.25) is 0 Å². The van der Waals surface area contributed by atoms with Crippen molar-refractivity contribution in [3.8, 4) is 0 Å². The lowest BCUT2D eigenvalue weighted by Gasteiger charge is -1.97. The fourth-order valence-electron chi connectivity index (χ4n) is 1.32. The highest BCUT2D eigenvalue weighted by molar-refractivity contribution is 8.01. The molecule has 0 radical (unpaired) electrons. The maximum absolute atomic E-state index is 10.9. The van der Waals surface area contributed by atoms with Gasteiger partial charge in [0.1, 0.15) is 4.88 Å². The van der Waals surface area contributed by atoms with Crippen molar-refractivity contribution >= 4 is 29.1 Å². The molecule has 17 heavy (non-hydrogen) atoms. The number of aromatic nitrogens is 1. The van der Waals surface area contributed by atoms with Crippen LogP contribution in [0.4, 0.5) is 0 Å². The number of nitrogens with zero attached hydrogens (tertiary/aromatic N) is 1. The van der Waals surface area contributed by atoms with Crippen LogP contribution in [0.3, 0.4) is 0 Å². The van der Waals surface area contributed by atoms with Crippen LogP contribution in [0.25, 0.3) is 0 Å². The van der Waals surface area contributed by atoms with Gasteiger partial charge in [-0.1, -0.05) is 29.5 Å². The van der Waals surface area contributed by atoms with E-state index in [4.69, 9.17) is 5.11 Å². The first-order valence-corrected chi connectivity index (χ1v) is 6.65. The Morgan fingerprint density at radius 1 is 1.29 bits per heavy atom. The van der Waals surface area contributed by atoms with Crippen LogP contribution < -0.4 is 0 Å². The summed E-state index contributed by atoms with van der Waals surface area (Å²) < 4.78 is 0.767. The maximum Gasteiger partial charge on any atom is 0.347 e. The molecule has 1 N–H and O–H groups in total. The first-order valence-electron chi connectivity index (χ1n) is 5.01. The van der Waals surface area contributed by atoms with Crippen molar-refractivity contribution in [2.45, 2.75) is 23.1 Å². The van der Waals surface area contributed by atoms with Crippen molar-refractivity contribution in [3.63, 3.8) is 0 Å². The maximum atomic E-state index is 10.9. The molecular weight excluding hydrogens is 254 g/mol. The van der Waals surface area contributed by atoms with E-state index in [-0.39, 0.29) is 0 Å². The predicted octanol–water partition coefficient (Wildman–Crippen LogP) is 3.61. The molecule has 0 aliphatic carbocycles. The summed E-state index contributed by atoms with van der Waals surface area (Å²) in [4.78, 5) is 16.5. The number of carbonyl (C=O) groups is 1. The van der Waals surface area contributed by atoms with Gasteiger partial charge in [0.2, 0.25) is 0 Å². The summed E-state index contributed by atoms with van der Waals surface area (Å²) in [5.41, 5.74) is 1.79. The van der Waals surface area contributed by atoms with Crippen LogP contribution in [0.5, 0.6) is 0 Å². The molecule has 0 saturated carbocycles. The van der Waals surface area contributed by atoms with Crippen LogP contribution in [-0.2, 0) is 0 Å². The van der Waals surface area contributed by atoms with Gasteiger partial charge in [0.15, 0.2) is 4.34 Å². The molecule has 0 amide bonds. The Balaban J connectivity index is 2.22. The Labute approximate surface area is 108 Å². The number of aromatic carboxylic acids is 1. The number of carboxylic acids is 1. The molecule has 1 heterocycles. The summed E-state index contributed by atoms with van der Waals surface area (Å²) in [6.45, 7) is 3.75. The second kappa shape index (κ2) is 4.89. The van der Waals surface area contributed by atoms with Crippen LogP contribution in [-0.4, -0.2) is 16.1 Å². The number of hydrogen-bond acceptors (Lipinski definition) is 4. The molecule has 0 unspecified atom stereocenters. The molecule has 0 spiro atoms. The van der Waals surface area contributed by atoms with Gasteiger partial charge in [-0.15, -0.1) is 11.3 Å². The normalized spacial score (nSPS) is 10.5. The molecule has 2 rings (SSSR count). The number of aryl methyl sites for hydroxylation is 2. The number of benzene rings is 1. The standard InChI is InChI=1S/C12H11NO2S2/c1-7-3-5-9(6-4-7)16-12-13-8(2)10(17-12)11(14)15/h3-6H,1-2H3,(H,14,15). The summed E-state index contributed by atoms with van der Waals surface area (Å²) in [6, 6.07) is 8.08. The molecule has 88 valence electrons. The lowest BCUT2D eigenvalue weighted by atomic mass is 10.2. The molecule has 0 atom stereocenters. The highest BCUT2D eigenvalue weighted by Crippen LogP contribution is 2.32. The van der Waals surface area contributed by atoms with Gasteiger partial charge >= 0.3 is 5.97 Å². The quantitative estimate of drug-likeness (QED) is 0.921. The average molecular weight is 265 g/mol. The number of carboxylic acid groups (broad SMARTS) is 1. The predicted molar refractivity (Wildman–Crippen MR) is 69.1 cm³/mol. The second-order valence-electron chi connectivity index (χ2n) is 3.61. The molecule has 1 aromatic heterocycles. The van der Waals surface area contributed by atoms with Gasteiger partial charge in [0.05, 0.1) is 5.69 Å². The molecule has 0 saturated heterocycles. The Bertz CT molecular complexity index is 546. The van der Waals surface area contributed by atoms with Crippen molar-refractivity contribution < 1.29 is 9.90 Å². The molecule has 1 aromatic carbocycles. The zero-order valence-corrected chi connectivity index (χ0v) is 11.1. The molecule has 0 bridgehead atoms. The minimum atomic E-state index is -0.907. The summed E-state index contributed by atoms with van der Waals surface area (Å²) in [5, 5.41) is 8.94. The zero-order chi connectivity index (χ0) is 12.4. The van der Waals surface area contributed by atoms with E-state index < -0.39 is 5.97 Å².